The van der Waals surface area contributed by atoms with Gasteiger partial charge >= 0.3 is 0 Å². The molecule has 1 aliphatic heterocycles. The number of nitrogens with one attached hydrogen (secondary N) is 1. The molecule has 0 bridgehead atoms. The van der Waals surface area contributed by atoms with Crippen LogP contribution >= 0.6 is 12.2 Å². The maximum Gasteiger partial charge on any atom is 0.173 e. The van der Waals surface area contributed by atoms with Crippen LogP contribution < -0.4 is 5.32 Å². The van der Waals surface area contributed by atoms with Crippen LogP contribution in [-0.4, -0.2) is 23.1 Å². The van der Waals surface area contributed by atoms with E-state index in [4.69, 9.17) is 12.2 Å². The third-order valence-corrected chi connectivity index (χ3v) is 4.38. The number of rotatable bonds is 2. The van der Waals surface area contributed by atoms with Gasteiger partial charge in [0, 0.05) is 24.7 Å². The van der Waals surface area contributed by atoms with E-state index in [0.717, 1.165) is 23.9 Å². The molecule has 2 nitrogen and oxygen atoms in total. The van der Waals surface area contributed by atoms with Gasteiger partial charge in [0.05, 0.1) is 0 Å². The highest BCUT2D eigenvalue weighted by atomic mass is 32.1. The molecule has 2 aromatic carbocycles. The number of benzene rings is 2. The van der Waals surface area contributed by atoms with Crippen molar-refractivity contribution < 1.29 is 0 Å². The van der Waals surface area contributed by atoms with Crippen LogP contribution in [0.5, 0.6) is 0 Å². The molecule has 21 heavy (non-hydrogen) atoms. The Morgan fingerprint density at radius 1 is 1.14 bits per heavy atom. The van der Waals surface area contributed by atoms with Gasteiger partial charge in [-0.2, -0.15) is 0 Å². The maximum atomic E-state index is 5.56. The Morgan fingerprint density at radius 3 is 2.71 bits per heavy atom. The van der Waals surface area contributed by atoms with Crippen LogP contribution in [0.1, 0.15) is 23.5 Å². The van der Waals surface area contributed by atoms with E-state index in [1.54, 1.807) is 0 Å². The molecule has 0 aliphatic carbocycles. The smallest absolute Gasteiger partial charge is 0.173 e. The topological polar surface area (TPSA) is 15.3 Å². The number of anilines is 1. The van der Waals surface area contributed by atoms with Crippen LogP contribution in [0.3, 0.4) is 0 Å². The van der Waals surface area contributed by atoms with Crippen LogP contribution in [0.2, 0.25) is 0 Å². The molecule has 0 spiro atoms. The molecular formula is C18H20N2S. The minimum Gasteiger partial charge on any atom is -0.348 e. The zero-order valence-corrected chi connectivity index (χ0v) is 13.1. The number of thiocarbonyl (C=S) groups is 1. The monoisotopic (exact) mass is 296 g/mol. The van der Waals surface area contributed by atoms with Crippen molar-refractivity contribution >= 4 is 23.0 Å². The van der Waals surface area contributed by atoms with Gasteiger partial charge < -0.3 is 10.2 Å². The highest BCUT2D eigenvalue weighted by Crippen LogP contribution is 2.27. The van der Waals surface area contributed by atoms with E-state index in [-0.39, 0.29) is 0 Å². The van der Waals surface area contributed by atoms with Crippen molar-refractivity contribution in [2.45, 2.75) is 19.3 Å². The van der Waals surface area contributed by atoms with Gasteiger partial charge in [0.2, 0.25) is 0 Å². The highest BCUT2D eigenvalue weighted by molar-refractivity contribution is 7.80. The molecule has 0 unspecified atom stereocenters. The first-order chi connectivity index (χ1) is 10.2. The predicted molar refractivity (Wildman–Crippen MR) is 92.8 cm³/mol. The summed E-state index contributed by atoms with van der Waals surface area (Å²) >= 11 is 5.56. The van der Waals surface area contributed by atoms with Gasteiger partial charge in [0.25, 0.3) is 0 Å². The summed E-state index contributed by atoms with van der Waals surface area (Å²) in [4.78, 5) is 2.27. The molecule has 3 rings (SSSR count). The quantitative estimate of drug-likeness (QED) is 0.837. The fourth-order valence-corrected chi connectivity index (χ4v) is 3.15. The molecule has 1 saturated heterocycles. The van der Waals surface area contributed by atoms with E-state index in [2.05, 4.69) is 71.7 Å². The number of hydrogen-bond donors (Lipinski definition) is 1. The molecule has 2 aromatic rings. The first-order valence-electron chi connectivity index (χ1n) is 7.40. The minimum atomic E-state index is 0.587. The minimum absolute atomic E-state index is 0.587. The SMILES string of the molecule is Cc1cccc(NC(=S)N2CC[C@@H](c3ccccc3)C2)c1. The van der Waals surface area contributed by atoms with Gasteiger partial charge in [0.1, 0.15) is 0 Å². The van der Waals surface area contributed by atoms with Gasteiger partial charge in [-0.25, -0.2) is 0 Å². The first kappa shape index (κ1) is 14.1. The molecule has 108 valence electrons. The maximum absolute atomic E-state index is 5.56. The molecule has 0 radical (unpaired) electrons. The fourth-order valence-electron chi connectivity index (χ4n) is 2.87. The third kappa shape index (κ3) is 3.42. The molecule has 1 atom stereocenters. The summed E-state index contributed by atoms with van der Waals surface area (Å²) in [6.45, 7) is 4.12. The lowest BCUT2D eigenvalue weighted by molar-refractivity contribution is 0.518. The summed E-state index contributed by atoms with van der Waals surface area (Å²) in [5, 5.41) is 4.19. The lowest BCUT2D eigenvalue weighted by atomic mass is 9.99. The summed E-state index contributed by atoms with van der Waals surface area (Å²) < 4.78 is 0. The largest absolute Gasteiger partial charge is 0.348 e. The van der Waals surface area contributed by atoms with Crippen LogP contribution in [-0.2, 0) is 0 Å². The van der Waals surface area contributed by atoms with E-state index in [1.807, 2.05) is 0 Å². The Kier molecular flexibility index (Phi) is 4.20. The van der Waals surface area contributed by atoms with Gasteiger partial charge in [0.15, 0.2) is 5.11 Å². The number of hydrogen-bond acceptors (Lipinski definition) is 1. The van der Waals surface area contributed by atoms with E-state index in [9.17, 15) is 0 Å². The molecule has 0 aromatic heterocycles. The third-order valence-electron chi connectivity index (χ3n) is 4.02. The van der Waals surface area contributed by atoms with E-state index >= 15 is 0 Å². The molecule has 1 heterocycles. The van der Waals surface area contributed by atoms with Gasteiger partial charge in [-0.15, -0.1) is 0 Å². The average molecular weight is 296 g/mol. The van der Waals surface area contributed by atoms with Crippen molar-refractivity contribution in [3.8, 4) is 0 Å². The Bertz CT molecular complexity index is 624. The predicted octanol–water partition coefficient (Wildman–Crippen LogP) is 4.18. The number of nitrogens with zero attached hydrogens (tertiary/aromatic N) is 1. The Balaban J connectivity index is 1.62. The van der Waals surface area contributed by atoms with Crippen molar-refractivity contribution in [2.75, 3.05) is 18.4 Å². The molecular weight excluding hydrogens is 276 g/mol. The zero-order chi connectivity index (χ0) is 14.7. The second kappa shape index (κ2) is 6.27. The average Bonchev–Trinajstić information content (AvgIpc) is 2.98. The highest BCUT2D eigenvalue weighted by Gasteiger charge is 2.25. The summed E-state index contributed by atoms with van der Waals surface area (Å²) in [7, 11) is 0. The van der Waals surface area contributed by atoms with Crippen LogP contribution in [0.15, 0.2) is 54.6 Å². The summed E-state index contributed by atoms with van der Waals surface area (Å²) in [5.41, 5.74) is 3.73. The Labute approximate surface area is 131 Å². The summed E-state index contributed by atoms with van der Waals surface area (Å²) in [5.74, 6) is 0.587. The molecule has 0 saturated carbocycles. The molecule has 1 aliphatic rings. The van der Waals surface area contributed by atoms with Gasteiger partial charge in [-0.05, 0) is 48.8 Å². The van der Waals surface area contributed by atoms with Crippen LogP contribution in [0.25, 0.3) is 0 Å². The Hall–Kier alpha value is -1.87. The van der Waals surface area contributed by atoms with Crippen molar-refractivity contribution in [1.82, 2.24) is 4.90 Å². The second-order valence-corrected chi connectivity index (χ2v) is 6.03. The lowest BCUT2D eigenvalue weighted by Crippen LogP contribution is -2.32. The van der Waals surface area contributed by atoms with Gasteiger partial charge in [-0.1, -0.05) is 42.5 Å². The van der Waals surface area contributed by atoms with E-state index in [1.165, 1.54) is 17.5 Å². The van der Waals surface area contributed by atoms with E-state index in [0.29, 0.717) is 5.92 Å². The van der Waals surface area contributed by atoms with Crippen LogP contribution in [0.4, 0.5) is 5.69 Å². The molecule has 0 amide bonds. The number of likely N-dealkylation sites (tertiary alicyclic amines) is 1. The van der Waals surface area contributed by atoms with Crippen LogP contribution in [0, 0.1) is 6.92 Å². The normalized spacial score (nSPS) is 17.8. The summed E-state index contributed by atoms with van der Waals surface area (Å²) in [6, 6.07) is 19.0. The number of aryl methyl sites for hydroxylation is 1. The zero-order valence-electron chi connectivity index (χ0n) is 12.3. The van der Waals surface area contributed by atoms with Gasteiger partial charge in [-0.3, -0.25) is 0 Å². The van der Waals surface area contributed by atoms with Crippen molar-refractivity contribution in [3.05, 3.63) is 65.7 Å². The van der Waals surface area contributed by atoms with E-state index < -0.39 is 0 Å². The lowest BCUT2D eigenvalue weighted by Gasteiger charge is -2.21. The van der Waals surface area contributed by atoms with Crippen molar-refractivity contribution in [2.24, 2.45) is 0 Å². The fraction of sp³-hybridized carbons (Fsp3) is 0.278. The first-order valence-corrected chi connectivity index (χ1v) is 7.81. The van der Waals surface area contributed by atoms with Crippen molar-refractivity contribution in [1.29, 1.82) is 0 Å². The molecule has 1 fully saturated rings. The van der Waals surface area contributed by atoms with Crippen molar-refractivity contribution in [3.63, 3.8) is 0 Å². The molecule has 3 heteroatoms. The standard InChI is InChI=1S/C18H20N2S/c1-14-6-5-9-17(12-14)19-18(21)20-11-10-16(13-20)15-7-3-2-4-8-15/h2-9,12,16H,10-11,13H2,1H3,(H,19,21)/t16-/m1/s1. The second-order valence-electron chi connectivity index (χ2n) is 5.64. The Morgan fingerprint density at radius 2 is 1.95 bits per heavy atom. The molecule has 1 N–H and O–H groups in total. The summed E-state index contributed by atoms with van der Waals surface area (Å²) in [6.07, 6.45) is 1.17.